The first-order chi connectivity index (χ1) is 11.6. The van der Waals surface area contributed by atoms with Crippen LogP contribution in [0.4, 0.5) is 0 Å². The number of nitrogens with one attached hydrogen (secondary N) is 1. The van der Waals surface area contributed by atoms with E-state index in [1.165, 1.54) is 7.11 Å². The van der Waals surface area contributed by atoms with Gasteiger partial charge in [0.25, 0.3) is 5.91 Å². The Balaban J connectivity index is 1.95. The zero-order valence-electron chi connectivity index (χ0n) is 13.1. The zero-order chi connectivity index (χ0) is 17.1. The van der Waals surface area contributed by atoms with Crippen LogP contribution in [-0.4, -0.2) is 29.9 Å². The summed E-state index contributed by atoms with van der Waals surface area (Å²) in [5, 5.41) is 1.06. The van der Waals surface area contributed by atoms with Gasteiger partial charge in [0.1, 0.15) is 0 Å². The van der Waals surface area contributed by atoms with E-state index >= 15 is 0 Å². The van der Waals surface area contributed by atoms with Crippen LogP contribution in [0.1, 0.15) is 27.5 Å². The molecule has 1 aliphatic rings. The standard InChI is InChI=1S/C18H16N2O4/c1-24-18(23)16-14-10-6-5-9-13(14)11-15(21)20(16)19-17(22)12-7-3-2-4-8-12/h2-10,16H,11H2,1H3,(H,19,22)/t16-/m1/s1. The lowest BCUT2D eigenvalue weighted by Crippen LogP contribution is -2.53. The summed E-state index contributed by atoms with van der Waals surface area (Å²) in [6, 6.07) is 14.6. The second kappa shape index (κ2) is 6.54. The Labute approximate surface area is 139 Å². The lowest BCUT2D eigenvalue weighted by molar-refractivity contribution is -0.156. The van der Waals surface area contributed by atoms with Crippen LogP contribution in [-0.2, 0) is 20.7 Å². The number of hydrogen-bond acceptors (Lipinski definition) is 4. The summed E-state index contributed by atoms with van der Waals surface area (Å²) in [5.74, 6) is -1.44. The second-order valence-electron chi connectivity index (χ2n) is 5.37. The number of carbonyl (C=O) groups excluding carboxylic acids is 3. The van der Waals surface area contributed by atoms with Crippen molar-refractivity contribution in [3.05, 3.63) is 71.3 Å². The number of fused-ring (bicyclic) bond motifs is 1. The number of carbonyl (C=O) groups is 3. The van der Waals surface area contributed by atoms with Crippen LogP contribution in [0.2, 0.25) is 0 Å². The summed E-state index contributed by atoms with van der Waals surface area (Å²) < 4.78 is 4.83. The predicted molar refractivity (Wildman–Crippen MR) is 85.7 cm³/mol. The Bertz CT molecular complexity index is 789. The molecule has 0 spiro atoms. The molecule has 2 amide bonds. The van der Waals surface area contributed by atoms with E-state index in [9.17, 15) is 14.4 Å². The van der Waals surface area contributed by atoms with E-state index < -0.39 is 17.9 Å². The van der Waals surface area contributed by atoms with Crippen LogP contribution in [0.5, 0.6) is 0 Å². The van der Waals surface area contributed by atoms with Gasteiger partial charge in [0.05, 0.1) is 13.5 Å². The van der Waals surface area contributed by atoms with Crippen LogP contribution < -0.4 is 5.43 Å². The molecule has 3 rings (SSSR count). The van der Waals surface area contributed by atoms with Gasteiger partial charge in [-0.2, -0.15) is 0 Å². The van der Waals surface area contributed by atoms with E-state index in [0.717, 1.165) is 10.6 Å². The van der Waals surface area contributed by atoms with Crippen molar-refractivity contribution in [2.45, 2.75) is 12.5 Å². The fourth-order valence-electron chi connectivity index (χ4n) is 2.73. The molecule has 0 aliphatic carbocycles. The van der Waals surface area contributed by atoms with E-state index in [1.54, 1.807) is 54.6 Å². The van der Waals surface area contributed by atoms with Crippen LogP contribution >= 0.6 is 0 Å². The van der Waals surface area contributed by atoms with E-state index in [-0.39, 0.29) is 12.3 Å². The van der Waals surface area contributed by atoms with E-state index in [0.29, 0.717) is 11.1 Å². The molecule has 6 nitrogen and oxygen atoms in total. The highest BCUT2D eigenvalue weighted by Gasteiger charge is 2.39. The second-order valence-corrected chi connectivity index (χ2v) is 5.37. The van der Waals surface area contributed by atoms with Gasteiger partial charge in [-0.3, -0.25) is 15.0 Å². The minimum Gasteiger partial charge on any atom is -0.467 e. The van der Waals surface area contributed by atoms with Gasteiger partial charge in [-0.05, 0) is 23.3 Å². The molecule has 6 heteroatoms. The Morgan fingerprint density at radius 3 is 2.46 bits per heavy atom. The monoisotopic (exact) mass is 324 g/mol. The number of benzene rings is 2. The molecular weight excluding hydrogens is 308 g/mol. The lowest BCUT2D eigenvalue weighted by Gasteiger charge is -2.35. The van der Waals surface area contributed by atoms with Crippen molar-refractivity contribution >= 4 is 17.8 Å². The van der Waals surface area contributed by atoms with Crippen molar-refractivity contribution in [2.24, 2.45) is 0 Å². The van der Waals surface area contributed by atoms with Crippen LogP contribution in [0.3, 0.4) is 0 Å². The first-order valence-corrected chi connectivity index (χ1v) is 7.45. The third-order valence-corrected chi connectivity index (χ3v) is 3.90. The predicted octanol–water partition coefficient (Wildman–Crippen LogP) is 1.63. The molecule has 0 unspecified atom stereocenters. The highest BCUT2D eigenvalue weighted by atomic mass is 16.5. The molecule has 1 aliphatic heterocycles. The normalized spacial score (nSPS) is 16.3. The smallest absolute Gasteiger partial charge is 0.335 e. The van der Waals surface area contributed by atoms with Crippen LogP contribution in [0, 0.1) is 0 Å². The molecule has 1 heterocycles. The molecule has 2 aromatic carbocycles. The maximum atomic E-state index is 12.5. The molecule has 1 N–H and O–H groups in total. The Kier molecular flexibility index (Phi) is 4.29. The van der Waals surface area contributed by atoms with Gasteiger partial charge < -0.3 is 4.74 Å². The fraction of sp³-hybridized carbons (Fsp3) is 0.167. The zero-order valence-corrected chi connectivity index (χ0v) is 13.1. The molecular formula is C18H16N2O4. The molecule has 1 atom stereocenters. The minimum atomic E-state index is -1.000. The topological polar surface area (TPSA) is 75.7 Å². The highest BCUT2D eigenvalue weighted by molar-refractivity contribution is 5.97. The average Bonchev–Trinajstić information content (AvgIpc) is 2.62. The third kappa shape index (κ3) is 2.86. The average molecular weight is 324 g/mol. The van der Waals surface area contributed by atoms with E-state index in [1.807, 2.05) is 0 Å². The number of esters is 1. The van der Waals surface area contributed by atoms with Crippen molar-refractivity contribution in [3.63, 3.8) is 0 Å². The lowest BCUT2D eigenvalue weighted by atomic mass is 9.93. The van der Waals surface area contributed by atoms with Crippen molar-refractivity contribution in [1.82, 2.24) is 10.4 Å². The minimum absolute atomic E-state index is 0.110. The number of nitrogens with zero attached hydrogens (tertiary/aromatic N) is 1. The van der Waals surface area contributed by atoms with Crippen molar-refractivity contribution < 1.29 is 19.1 Å². The molecule has 122 valence electrons. The van der Waals surface area contributed by atoms with Gasteiger partial charge in [0.15, 0.2) is 6.04 Å². The highest BCUT2D eigenvalue weighted by Crippen LogP contribution is 2.30. The number of methoxy groups -OCH3 is 1. The van der Waals surface area contributed by atoms with Crippen LogP contribution in [0.25, 0.3) is 0 Å². The van der Waals surface area contributed by atoms with E-state index in [2.05, 4.69) is 5.43 Å². The number of hydrazine groups is 1. The molecule has 24 heavy (non-hydrogen) atoms. The number of ether oxygens (including phenoxy) is 1. The molecule has 2 aromatic rings. The van der Waals surface area contributed by atoms with Gasteiger partial charge in [0.2, 0.25) is 5.91 Å². The van der Waals surface area contributed by atoms with Crippen molar-refractivity contribution in [2.75, 3.05) is 7.11 Å². The van der Waals surface area contributed by atoms with Crippen molar-refractivity contribution in [3.8, 4) is 0 Å². The largest absolute Gasteiger partial charge is 0.467 e. The molecule has 0 radical (unpaired) electrons. The van der Waals surface area contributed by atoms with Crippen molar-refractivity contribution in [1.29, 1.82) is 0 Å². The first-order valence-electron chi connectivity index (χ1n) is 7.45. The fourth-order valence-corrected chi connectivity index (χ4v) is 2.73. The van der Waals surface area contributed by atoms with Gasteiger partial charge in [-0.25, -0.2) is 9.80 Å². The Morgan fingerprint density at radius 1 is 1.08 bits per heavy atom. The number of rotatable bonds is 3. The van der Waals surface area contributed by atoms with Gasteiger partial charge in [0, 0.05) is 5.56 Å². The summed E-state index contributed by atoms with van der Waals surface area (Å²) in [6.07, 6.45) is 0.110. The molecule has 0 aromatic heterocycles. The number of amides is 2. The van der Waals surface area contributed by atoms with E-state index in [4.69, 9.17) is 4.74 Å². The van der Waals surface area contributed by atoms with Gasteiger partial charge in [-0.15, -0.1) is 0 Å². The quantitative estimate of drug-likeness (QED) is 0.871. The summed E-state index contributed by atoms with van der Waals surface area (Å²) in [4.78, 5) is 37.1. The molecule has 0 saturated carbocycles. The molecule has 0 fully saturated rings. The maximum absolute atomic E-state index is 12.5. The first kappa shape index (κ1) is 15.7. The third-order valence-electron chi connectivity index (χ3n) is 3.90. The maximum Gasteiger partial charge on any atom is 0.335 e. The molecule has 0 bridgehead atoms. The van der Waals surface area contributed by atoms with Gasteiger partial charge in [-0.1, -0.05) is 42.5 Å². The Morgan fingerprint density at radius 2 is 1.75 bits per heavy atom. The summed E-state index contributed by atoms with van der Waals surface area (Å²) in [7, 11) is 1.25. The van der Waals surface area contributed by atoms with Crippen LogP contribution in [0.15, 0.2) is 54.6 Å². The SMILES string of the molecule is COC(=O)[C@H]1c2ccccc2CC(=O)N1NC(=O)c1ccccc1. The summed E-state index contributed by atoms with van der Waals surface area (Å²) in [6.45, 7) is 0. The summed E-state index contributed by atoms with van der Waals surface area (Å²) >= 11 is 0. The number of hydrogen-bond donors (Lipinski definition) is 1. The van der Waals surface area contributed by atoms with Gasteiger partial charge >= 0.3 is 5.97 Å². The summed E-state index contributed by atoms with van der Waals surface area (Å²) in [5.41, 5.74) is 4.33. The molecule has 0 saturated heterocycles. The Hall–Kier alpha value is -3.15.